The fraction of sp³-hybridized carbons (Fsp3) is 0.154. The van der Waals surface area contributed by atoms with Crippen LogP contribution in [0.25, 0.3) is 0 Å². The van der Waals surface area contributed by atoms with Gasteiger partial charge in [0.1, 0.15) is 0 Å². The van der Waals surface area contributed by atoms with Gasteiger partial charge in [0.15, 0.2) is 0 Å². The molecular weight excluding hydrogens is 310 g/mol. The molecule has 0 saturated heterocycles. The van der Waals surface area contributed by atoms with Crippen LogP contribution in [0.4, 0.5) is 5.69 Å². The minimum absolute atomic E-state index is 0.208. The summed E-state index contributed by atoms with van der Waals surface area (Å²) in [4.78, 5) is 19.9. The molecule has 0 saturated carbocycles. The van der Waals surface area contributed by atoms with Crippen LogP contribution in [0, 0.1) is 0 Å². The lowest BCUT2D eigenvalue weighted by molar-refractivity contribution is 0.102. The maximum atomic E-state index is 11.9. The molecule has 0 unspecified atom stereocenters. The van der Waals surface area contributed by atoms with Gasteiger partial charge in [0.25, 0.3) is 5.91 Å². The van der Waals surface area contributed by atoms with Gasteiger partial charge in [-0.15, -0.1) is 0 Å². The number of nitrogens with one attached hydrogen (secondary N) is 1. The highest BCUT2D eigenvalue weighted by Gasteiger charge is 2.06. The molecule has 2 rings (SSSR count). The van der Waals surface area contributed by atoms with Crippen LogP contribution in [0.2, 0.25) is 0 Å². The number of hydrogen-bond acceptors (Lipinski definition) is 4. The summed E-state index contributed by atoms with van der Waals surface area (Å²) >= 11 is 3.32. The quantitative estimate of drug-likeness (QED) is 0.940. The highest BCUT2D eigenvalue weighted by molar-refractivity contribution is 9.10. The Morgan fingerprint density at radius 1 is 1.26 bits per heavy atom. The first kappa shape index (κ1) is 13.5. The average molecular weight is 322 g/mol. The Bertz CT molecular complexity index is 555. The second kappa shape index (κ2) is 6.29. The molecule has 1 N–H and O–H groups in total. The number of nitrogens with zero attached hydrogens (tertiary/aromatic N) is 2. The molecule has 19 heavy (non-hydrogen) atoms. The molecule has 0 bridgehead atoms. The number of rotatable bonds is 4. The van der Waals surface area contributed by atoms with Crippen molar-refractivity contribution in [1.82, 2.24) is 9.97 Å². The van der Waals surface area contributed by atoms with E-state index in [1.54, 1.807) is 12.1 Å². The fourth-order valence-electron chi connectivity index (χ4n) is 1.39. The first-order valence-electron chi connectivity index (χ1n) is 5.71. The van der Waals surface area contributed by atoms with Crippen molar-refractivity contribution in [2.45, 2.75) is 6.92 Å². The third-order valence-electron chi connectivity index (χ3n) is 2.27. The van der Waals surface area contributed by atoms with Gasteiger partial charge in [-0.05, 0) is 31.2 Å². The predicted molar refractivity (Wildman–Crippen MR) is 75.3 cm³/mol. The number of ether oxygens (including phenoxy) is 1. The van der Waals surface area contributed by atoms with E-state index < -0.39 is 0 Å². The van der Waals surface area contributed by atoms with Crippen molar-refractivity contribution < 1.29 is 9.53 Å². The zero-order chi connectivity index (χ0) is 13.7. The molecule has 0 aliphatic heterocycles. The van der Waals surface area contributed by atoms with Gasteiger partial charge >= 0.3 is 6.01 Å². The van der Waals surface area contributed by atoms with Crippen LogP contribution in [0.5, 0.6) is 6.01 Å². The molecule has 2 aromatic rings. The van der Waals surface area contributed by atoms with Crippen molar-refractivity contribution >= 4 is 27.5 Å². The van der Waals surface area contributed by atoms with Crippen LogP contribution >= 0.6 is 15.9 Å². The number of carbonyl (C=O) groups excluding carboxylic acids is 1. The molecule has 1 heterocycles. The summed E-state index contributed by atoms with van der Waals surface area (Å²) in [6.07, 6.45) is 3.02. The Kier molecular flexibility index (Phi) is 4.46. The summed E-state index contributed by atoms with van der Waals surface area (Å²) in [5.74, 6) is -0.208. The first-order chi connectivity index (χ1) is 9.19. The number of halogens is 1. The molecule has 1 aromatic carbocycles. The van der Waals surface area contributed by atoms with Crippen molar-refractivity contribution in [3.05, 3.63) is 46.7 Å². The highest BCUT2D eigenvalue weighted by atomic mass is 79.9. The van der Waals surface area contributed by atoms with Crippen molar-refractivity contribution in [2.75, 3.05) is 11.9 Å². The number of aromatic nitrogens is 2. The standard InChI is InChI=1S/C13H12BrN3O2/c1-2-19-13-15-7-11(8-16-13)17-12(18)9-3-5-10(14)6-4-9/h3-8H,2H2,1H3,(H,17,18). The predicted octanol–water partition coefficient (Wildman–Crippen LogP) is 2.89. The zero-order valence-electron chi connectivity index (χ0n) is 10.3. The third kappa shape index (κ3) is 3.75. The van der Waals surface area contributed by atoms with Crippen molar-refractivity contribution in [3.8, 4) is 6.01 Å². The van der Waals surface area contributed by atoms with Gasteiger partial charge in [0.2, 0.25) is 0 Å². The topological polar surface area (TPSA) is 64.1 Å². The van der Waals surface area contributed by atoms with E-state index in [1.807, 2.05) is 19.1 Å². The van der Waals surface area contributed by atoms with E-state index in [4.69, 9.17) is 4.74 Å². The van der Waals surface area contributed by atoms with E-state index in [0.29, 0.717) is 23.9 Å². The lowest BCUT2D eigenvalue weighted by Gasteiger charge is -2.05. The largest absolute Gasteiger partial charge is 0.464 e. The number of benzene rings is 1. The second-order valence-electron chi connectivity index (χ2n) is 3.65. The second-order valence-corrected chi connectivity index (χ2v) is 4.56. The van der Waals surface area contributed by atoms with Crippen LogP contribution in [-0.2, 0) is 0 Å². The number of hydrogen-bond donors (Lipinski definition) is 1. The molecular formula is C13H12BrN3O2. The maximum absolute atomic E-state index is 11.9. The van der Waals surface area contributed by atoms with E-state index in [2.05, 4.69) is 31.2 Å². The van der Waals surface area contributed by atoms with Gasteiger partial charge in [-0.3, -0.25) is 4.79 Å². The molecule has 1 amide bonds. The van der Waals surface area contributed by atoms with E-state index in [-0.39, 0.29) is 5.91 Å². The average Bonchev–Trinajstić information content (AvgIpc) is 2.42. The summed E-state index contributed by atoms with van der Waals surface area (Å²) in [5.41, 5.74) is 1.09. The van der Waals surface area contributed by atoms with E-state index in [1.165, 1.54) is 12.4 Å². The van der Waals surface area contributed by atoms with Crippen LogP contribution in [0.1, 0.15) is 17.3 Å². The van der Waals surface area contributed by atoms with E-state index >= 15 is 0 Å². The first-order valence-corrected chi connectivity index (χ1v) is 6.50. The monoisotopic (exact) mass is 321 g/mol. The van der Waals surface area contributed by atoms with Crippen molar-refractivity contribution in [1.29, 1.82) is 0 Å². The smallest absolute Gasteiger partial charge is 0.316 e. The summed E-state index contributed by atoms with van der Waals surface area (Å²) in [7, 11) is 0. The van der Waals surface area contributed by atoms with Gasteiger partial charge in [-0.1, -0.05) is 15.9 Å². The Hall–Kier alpha value is -1.95. The summed E-state index contributed by atoms with van der Waals surface area (Å²) in [6.45, 7) is 2.36. The van der Waals surface area contributed by atoms with Crippen molar-refractivity contribution in [3.63, 3.8) is 0 Å². The van der Waals surface area contributed by atoms with Gasteiger partial charge in [-0.25, -0.2) is 9.97 Å². The van der Waals surface area contributed by atoms with E-state index in [9.17, 15) is 4.79 Å². The van der Waals surface area contributed by atoms with Crippen LogP contribution in [0.3, 0.4) is 0 Å². The van der Waals surface area contributed by atoms with Gasteiger partial charge < -0.3 is 10.1 Å². The molecule has 0 radical (unpaired) electrons. The SMILES string of the molecule is CCOc1ncc(NC(=O)c2ccc(Br)cc2)cn1. The lowest BCUT2D eigenvalue weighted by Crippen LogP contribution is -2.12. The fourth-order valence-corrected chi connectivity index (χ4v) is 1.65. The molecule has 0 aliphatic carbocycles. The molecule has 0 spiro atoms. The Morgan fingerprint density at radius 3 is 2.47 bits per heavy atom. The van der Waals surface area contributed by atoms with Gasteiger partial charge in [0.05, 0.1) is 24.7 Å². The molecule has 0 fully saturated rings. The molecule has 98 valence electrons. The van der Waals surface area contributed by atoms with Crippen LogP contribution in [-0.4, -0.2) is 22.5 Å². The molecule has 0 aliphatic rings. The normalized spacial score (nSPS) is 10.0. The minimum Gasteiger partial charge on any atom is -0.464 e. The number of amides is 1. The maximum Gasteiger partial charge on any atom is 0.316 e. The third-order valence-corrected chi connectivity index (χ3v) is 2.79. The summed E-state index contributed by atoms with van der Waals surface area (Å²) in [6, 6.07) is 7.38. The Balaban J connectivity index is 2.04. The van der Waals surface area contributed by atoms with E-state index in [0.717, 1.165) is 4.47 Å². The van der Waals surface area contributed by atoms with Crippen LogP contribution < -0.4 is 10.1 Å². The molecule has 1 aromatic heterocycles. The van der Waals surface area contributed by atoms with Gasteiger partial charge in [-0.2, -0.15) is 0 Å². The lowest BCUT2D eigenvalue weighted by atomic mass is 10.2. The van der Waals surface area contributed by atoms with Crippen LogP contribution in [0.15, 0.2) is 41.1 Å². The Labute approximate surface area is 119 Å². The summed E-state index contributed by atoms with van der Waals surface area (Å²) < 4.78 is 6.05. The minimum atomic E-state index is -0.208. The number of carbonyl (C=O) groups is 1. The van der Waals surface area contributed by atoms with Crippen molar-refractivity contribution in [2.24, 2.45) is 0 Å². The molecule has 6 heteroatoms. The Morgan fingerprint density at radius 2 is 1.89 bits per heavy atom. The highest BCUT2D eigenvalue weighted by Crippen LogP contribution is 2.13. The zero-order valence-corrected chi connectivity index (χ0v) is 11.8. The number of anilines is 1. The summed E-state index contributed by atoms with van der Waals surface area (Å²) in [5, 5.41) is 2.71. The molecule has 5 nitrogen and oxygen atoms in total. The van der Waals surface area contributed by atoms with Gasteiger partial charge in [0, 0.05) is 10.0 Å². The molecule has 0 atom stereocenters.